The Labute approximate surface area is 215 Å². The quantitative estimate of drug-likeness (QED) is 0.392. The predicted molar refractivity (Wildman–Crippen MR) is 142 cm³/mol. The summed E-state index contributed by atoms with van der Waals surface area (Å²) in [6, 6.07) is 16.8. The molecule has 1 unspecified atom stereocenters. The molecule has 9 nitrogen and oxygen atoms in total. The highest BCUT2D eigenvalue weighted by molar-refractivity contribution is 5.96. The molecule has 1 aliphatic heterocycles. The van der Waals surface area contributed by atoms with Crippen LogP contribution in [0.2, 0.25) is 0 Å². The first-order chi connectivity index (χ1) is 18.0. The molecule has 190 valence electrons. The van der Waals surface area contributed by atoms with E-state index < -0.39 is 5.97 Å². The average Bonchev–Trinajstić information content (AvgIpc) is 3.27. The highest BCUT2D eigenvalue weighted by Crippen LogP contribution is 2.32. The van der Waals surface area contributed by atoms with Crippen LogP contribution in [0.25, 0.3) is 16.6 Å². The van der Waals surface area contributed by atoms with Gasteiger partial charge >= 0.3 is 5.97 Å². The van der Waals surface area contributed by atoms with Crippen LogP contribution in [-0.4, -0.2) is 51.6 Å². The topological polar surface area (TPSA) is 102 Å². The first kappa shape index (κ1) is 24.4. The van der Waals surface area contributed by atoms with Gasteiger partial charge in [0.15, 0.2) is 5.82 Å². The maximum atomic E-state index is 13.2. The minimum atomic E-state index is -0.408. The molecule has 0 radical (unpaired) electrons. The Kier molecular flexibility index (Phi) is 6.85. The average molecular weight is 499 g/mol. The fraction of sp³-hybridized carbons (Fsp3) is 0.321. The molecule has 5 rings (SSSR count). The number of hydrogen-bond donors (Lipinski definition) is 1. The Bertz CT molecular complexity index is 1450. The van der Waals surface area contributed by atoms with Gasteiger partial charge < -0.3 is 15.0 Å². The number of fused-ring (bicyclic) bond motifs is 1. The van der Waals surface area contributed by atoms with Crippen LogP contribution >= 0.6 is 0 Å². The van der Waals surface area contributed by atoms with Gasteiger partial charge in [-0.25, -0.2) is 9.48 Å². The van der Waals surface area contributed by atoms with Crippen LogP contribution in [-0.2, 0) is 9.53 Å². The molecule has 9 heteroatoms. The molecular weight excluding hydrogens is 468 g/mol. The second kappa shape index (κ2) is 10.4. The van der Waals surface area contributed by atoms with Crippen LogP contribution in [0.15, 0.2) is 54.6 Å². The third-order valence-electron chi connectivity index (χ3n) is 6.72. The summed E-state index contributed by atoms with van der Waals surface area (Å²) < 4.78 is 7.00. The van der Waals surface area contributed by atoms with Crippen LogP contribution in [0.3, 0.4) is 0 Å². The highest BCUT2D eigenvalue weighted by atomic mass is 16.5. The molecule has 0 spiro atoms. The molecule has 1 atom stereocenters. The Balaban J connectivity index is 1.39. The second-order valence-corrected chi connectivity index (χ2v) is 9.24. The van der Waals surface area contributed by atoms with Gasteiger partial charge in [0.1, 0.15) is 5.52 Å². The number of hydrogen-bond acceptors (Lipinski definition) is 7. The number of benzene rings is 2. The smallest absolute Gasteiger partial charge is 0.338 e. The lowest BCUT2D eigenvalue weighted by Crippen LogP contribution is -2.41. The molecule has 1 fully saturated rings. The van der Waals surface area contributed by atoms with E-state index >= 15 is 0 Å². The van der Waals surface area contributed by atoms with Gasteiger partial charge in [-0.3, -0.25) is 4.79 Å². The van der Waals surface area contributed by atoms with Gasteiger partial charge in [0, 0.05) is 18.8 Å². The van der Waals surface area contributed by atoms with Crippen molar-refractivity contribution < 1.29 is 14.3 Å². The molecule has 3 heterocycles. The van der Waals surface area contributed by atoms with E-state index in [9.17, 15) is 9.59 Å². The molecule has 37 heavy (non-hydrogen) atoms. The number of rotatable bonds is 6. The third kappa shape index (κ3) is 4.89. The molecule has 2 aromatic carbocycles. The summed E-state index contributed by atoms with van der Waals surface area (Å²) in [4.78, 5) is 27.4. The maximum absolute atomic E-state index is 13.2. The van der Waals surface area contributed by atoms with E-state index in [-0.39, 0.29) is 11.8 Å². The molecule has 0 saturated carbocycles. The van der Waals surface area contributed by atoms with Crippen LogP contribution < -0.4 is 10.2 Å². The highest BCUT2D eigenvalue weighted by Gasteiger charge is 2.29. The summed E-state index contributed by atoms with van der Waals surface area (Å²) in [6.07, 6.45) is 1.61. The molecule has 0 bridgehead atoms. The van der Waals surface area contributed by atoms with Crippen LogP contribution in [0, 0.1) is 19.8 Å². The Hall–Kier alpha value is -4.27. The number of nitrogens with one attached hydrogen (secondary N) is 1. The van der Waals surface area contributed by atoms with E-state index in [0.29, 0.717) is 30.2 Å². The zero-order chi connectivity index (χ0) is 25.9. The number of anilines is 2. The minimum Gasteiger partial charge on any atom is -0.462 e. The normalized spacial score (nSPS) is 15.5. The van der Waals surface area contributed by atoms with Crippen molar-refractivity contribution >= 4 is 34.3 Å². The SMILES string of the molecule is CCOC(=O)c1cccc(NC(=O)C2CCCN(c3nnc(C)c4c(C)n(-c5ccccc5)nc34)C2)c1. The molecule has 2 aromatic heterocycles. The second-order valence-electron chi connectivity index (χ2n) is 9.24. The molecule has 1 saturated heterocycles. The van der Waals surface area contributed by atoms with Gasteiger partial charge in [-0.2, -0.15) is 10.2 Å². The number of amides is 1. The Morgan fingerprint density at radius 3 is 2.68 bits per heavy atom. The van der Waals surface area contributed by atoms with Crippen molar-refractivity contribution in [2.45, 2.75) is 33.6 Å². The lowest BCUT2D eigenvalue weighted by Gasteiger charge is -2.32. The van der Waals surface area contributed by atoms with Crippen molar-refractivity contribution in [3.63, 3.8) is 0 Å². The maximum Gasteiger partial charge on any atom is 0.338 e. The van der Waals surface area contributed by atoms with Gasteiger partial charge in [0.25, 0.3) is 0 Å². The predicted octanol–water partition coefficient (Wildman–Crippen LogP) is 4.46. The number of aromatic nitrogens is 4. The van der Waals surface area contributed by atoms with Crippen LogP contribution in [0.5, 0.6) is 0 Å². The molecule has 1 amide bonds. The number of carbonyl (C=O) groups is 2. The fourth-order valence-corrected chi connectivity index (χ4v) is 4.91. The zero-order valence-corrected chi connectivity index (χ0v) is 21.3. The Morgan fingerprint density at radius 1 is 1.08 bits per heavy atom. The number of para-hydroxylation sites is 1. The number of carbonyl (C=O) groups excluding carboxylic acids is 2. The fourth-order valence-electron chi connectivity index (χ4n) is 4.91. The van der Waals surface area contributed by atoms with Crippen LogP contribution in [0.1, 0.15) is 41.5 Å². The number of ether oxygens (including phenoxy) is 1. The Morgan fingerprint density at radius 2 is 1.89 bits per heavy atom. The van der Waals surface area contributed by atoms with Crippen molar-refractivity contribution in [3.8, 4) is 5.69 Å². The molecule has 0 aliphatic carbocycles. The van der Waals surface area contributed by atoms with Crippen molar-refractivity contribution in [1.29, 1.82) is 0 Å². The van der Waals surface area contributed by atoms with E-state index in [1.54, 1.807) is 31.2 Å². The number of piperidine rings is 1. The van der Waals surface area contributed by atoms with E-state index in [4.69, 9.17) is 9.84 Å². The molecule has 4 aromatic rings. The first-order valence-corrected chi connectivity index (χ1v) is 12.6. The van der Waals surface area contributed by atoms with Crippen molar-refractivity contribution in [1.82, 2.24) is 20.0 Å². The summed E-state index contributed by atoms with van der Waals surface area (Å²) in [5, 5.41) is 17.8. The van der Waals surface area contributed by atoms with Crippen molar-refractivity contribution in [2.24, 2.45) is 5.92 Å². The molecule has 1 aliphatic rings. The lowest BCUT2D eigenvalue weighted by molar-refractivity contribution is -0.120. The number of aryl methyl sites for hydroxylation is 2. The van der Waals surface area contributed by atoms with Gasteiger partial charge in [0.05, 0.1) is 40.5 Å². The van der Waals surface area contributed by atoms with Crippen LogP contribution in [0.4, 0.5) is 11.5 Å². The van der Waals surface area contributed by atoms with E-state index in [2.05, 4.69) is 20.4 Å². The third-order valence-corrected chi connectivity index (χ3v) is 6.72. The standard InChI is InChI=1S/C28H30N6O3/c1-4-37-28(36)20-10-8-12-22(16-20)29-27(35)21-11-9-15-33(17-21)26-25-24(18(2)30-31-26)19(3)34(32-25)23-13-6-5-7-14-23/h5-8,10,12-14,16,21H,4,9,11,15,17H2,1-3H3,(H,29,35). The van der Waals surface area contributed by atoms with E-state index in [1.165, 1.54) is 0 Å². The lowest BCUT2D eigenvalue weighted by atomic mass is 9.96. The van der Waals surface area contributed by atoms with Gasteiger partial charge in [-0.1, -0.05) is 24.3 Å². The summed E-state index contributed by atoms with van der Waals surface area (Å²) in [6.45, 7) is 7.32. The largest absolute Gasteiger partial charge is 0.462 e. The summed E-state index contributed by atoms with van der Waals surface area (Å²) >= 11 is 0. The minimum absolute atomic E-state index is 0.0898. The monoisotopic (exact) mass is 498 g/mol. The summed E-state index contributed by atoms with van der Waals surface area (Å²) in [5.74, 6) is -0.0432. The number of nitrogens with zero attached hydrogens (tertiary/aromatic N) is 5. The van der Waals surface area contributed by atoms with Gasteiger partial charge in [0.2, 0.25) is 5.91 Å². The van der Waals surface area contributed by atoms with E-state index in [1.807, 2.05) is 48.9 Å². The summed E-state index contributed by atoms with van der Waals surface area (Å²) in [5.41, 5.74) is 4.57. The van der Waals surface area contributed by atoms with Crippen molar-refractivity contribution in [2.75, 3.05) is 29.9 Å². The van der Waals surface area contributed by atoms with E-state index in [0.717, 1.165) is 47.4 Å². The number of esters is 1. The van der Waals surface area contributed by atoms with Crippen molar-refractivity contribution in [3.05, 3.63) is 71.5 Å². The first-order valence-electron chi connectivity index (χ1n) is 12.6. The summed E-state index contributed by atoms with van der Waals surface area (Å²) in [7, 11) is 0. The molecule has 1 N–H and O–H groups in total. The molecular formula is C28H30N6O3. The van der Waals surface area contributed by atoms with Gasteiger partial charge in [-0.15, -0.1) is 5.10 Å². The van der Waals surface area contributed by atoms with Gasteiger partial charge in [-0.05, 0) is 63.9 Å². The zero-order valence-electron chi connectivity index (χ0n) is 21.3.